The van der Waals surface area contributed by atoms with E-state index in [9.17, 15) is 4.79 Å². The first-order chi connectivity index (χ1) is 5.66. The van der Waals surface area contributed by atoms with E-state index in [2.05, 4.69) is 11.8 Å². The Morgan fingerprint density at radius 3 is 2.75 bits per heavy atom. The molecule has 0 unspecified atom stereocenters. The molecule has 0 aromatic heterocycles. The van der Waals surface area contributed by atoms with Crippen molar-refractivity contribution in [3.8, 4) is 11.8 Å². The average Bonchev–Trinajstić information content (AvgIpc) is 2.00. The van der Waals surface area contributed by atoms with E-state index in [1.54, 1.807) is 6.92 Å². The van der Waals surface area contributed by atoms with Crippen molar-refractivity contribution in [2.24, 2.45) is 0 Å². The van der Waals surface area contributed by atoms with Crippen LogP contribution in [0.4, 0.5) is 0 Å². The highest BCUT2D eigenvalue weighted by Gasteiger charge is 1.98. The van der Waals surface area contributed by atoms with Crippen molar-refractivity contribution in [1.29, 1.82) is 0 Å². The fraction of sp³-hybridized carbons (Fsp3) is 0.667. The van der Waals surface area contributed by atoms with E-state index in [4.69, 9.17) is 5.11 Å². The Labute approximate surface area is 73.4 Å². The van der Waals surface area contributed by atoms with Gasteiger partial charge < -0.3 is 5.11 Å². The summed E-state index contributed by atoms with van der Waals surface area (Å²) in [7, 11) is 1.94. The first-order valence-corrected chi connectivity index (χ1v) is 3.96. The number of nitrogens with zero attached hydrogens (tertiary/aromatic N) is 1. The molecule has 0 saturated carbocycles. The van der Waals surface area contributed by atoms with E-state index in [1.807, 2.05) is 11.9 Å². The molecule has 0 saturated heterocycles. The highest BCUT2D eigenvalue weighted by Crippen LogP contribution is 1.91. The number of hydrogen-bond acceptors (Lipinski definition) is 2. The van der Waals surface area contributed by atoms with Crippen LogP contribution >= 0.6 is 0 Å². The minimum absolute atomic E-state index is 0.240. The summed E-state index contributed by atoms with van der Waals surface area (Å²) < 4.78 is 0. The summed E-state index contributed by atoms with van der Waals surface area (Å²) in [4.78, 5) is 12.2. The molecule has 0 spiro atoms. The van der Waals surface area contributed by atoms with Crippen molar-refractivity contribution in [3.05, 3.63) is 0 Å². The second-order valence-corrected chi connectivity index (χ2v) is 2.66. The molecule has 12 heavy (non-hydrogen) atoms. The summed E-state index contributed by atoms with van der Waals surface area (Å²) in [5, 5.41) is 8.36. The van der Waals surface area contributed by atoms with E-state index in [0.29, 0.717) is 6.42 Å². The van der Waals surface area contributed by atoms with Crippen LogP contribution in [-0.4, -0.2) is 36.1 Å². The van der Waals surface area contributed by atoms with Gasteiger partial charge in [0.25, 0.3) is 0 Å². The van der Waals surface area contributed by atoms with Crippen molar-refractivity contribution in [1.82, 2.24) is 4.90 Å². The molecule has 0 heterocycles. The van der Waals surface area contributed by atoms with Crippen LogP contribution in [0, 0.1) is 11.8 Å². The maximum absolute atomic E-state index is 10.1. The molecule has 3 nitrogen and oxygen atoms in total. The summed E-state index contributed by atoms with van der Waals surface area (Å²) in [6.07, 6.45) is 0.932. The van der Waals surface area contributed by atoms with E-state index in [0.717, 1.165) is 13.1 Å². The zero-order chi connectivity index (χ0) is 9.40. The lowest BCUT2D eigenvalue weighted by Crippen LogP contribution is -2.20. The van der Waals surface area contributed by atoms with Crippen LogP contribution in [0.2, 0.25) is 0 Å². The molecule has 0 aliphatic heterocycles. The van der Waals surface area contributed by atoms with Gasteiger partial charge in [-0.05, 0) is 26.9 Å². The summed E-state index contributed by atoms with van der Waals surface area (Å²) in [5.41, 5.74) is 0. The van der Waals surface area contributed by atoms with Crippen LogP contribution in [0.3, 0.4) is 0 Å². The molecule has 0 atom stereocenters. The van der Waals surface area contributed by atoms with Gasteiger partial charge in [0.15, 0.2) is 0 Å². The summed E-state index contributed by atoms with van der Waals surface area (Å²) >= 11 is 0. The maximum Gasteiger partial charge on any atom is 0.303 e. The minimum atomic E-state index is -0.732. The molecule has 0 aliphatic carbocycles. The molecule has 68 valence electrons. The SMILES string of the molecule is CC#CCN(C)CCCC(=O)O. The first kappa shape index (κ1) is 11.0. The Hall–Kier alpha value is -1.01. The van der Waals surface area contributed by atoms with Crippen LogP contribution in [0.25, 0.3) is 0 Å². The predicted molar refractivity (Wildman–Crippen MR) is 47.8 cm³/mol. The van der Waals surface area contributed by atoms with Gasteiger partial charge in [-0.25, -0.2) is 0 Å². The Morgan fingerprint density at radius 1 is 1.58 bits per heavy atom. The summed E-state index contributed by atoms with van der Waals surface area (Å²) in [6.45, 7) is 3.31. The molecule has 0 radical (unpaired) electrons. The quantitative estimate of drug-likeness (QED) is 0.619. The largest absolute Gasteiger partial charge is 0.481 e. The Balaban J connectivity index is 3.35. The number of carboxylic acid groups (broad SMARTS) is 1. The molecule has 0 fully saturated rings. The van der Waals surface area contributed by atoms with Crippen LogP contribution in [0.1, 0.15) is 19.8 Å². The Morgan fingerprint density at radius 2 is 2.25 bits per heavy atom. The van der Waals surface area contributed by atoms with Gasteiger partial charge in [-0.3, -0.25) is 9.69 Å². The topological polar surface area (TPSA) is 40.5 Å². The van der Waals surface area contributed by atoms with Gasteiger partial charge in [-0.15, -0.1) is 5.92 Å². The van der Waals surface area contributed by atoms with E-state index >= 15 is 0 Å². The number of carbonyl (C=O) groups is 1. The van der Waals surface area contributed by atoms with Crippen LogP contribution in [0.5, 0.6) is 0 Å². The van der Waals surface area contributed by atoms with Crippen LogP contribution in [-0.2, 0) is 4.79 Å². The molecule has 0 aliphatic rings. The van der Waals surface area contributed by atoms with E-state index < -0.39 is 5.97 Å². The Kier molecular flexibility index (Phi) is 6.12. The zero-order valence-electron chi connectivity index (χ0n) is 7.63. The minimum Gasteiger partial charge on any atom is -0.481 e. The lowest BCUT2D eigenvalue weighted by atomic mass is 10.3. The Bertz CT molecular complexity index is 190. The average molecular weight is 169 g/mol. The molecular weight excluding hydrogens is 154 g/mol. The van der Waals surface area contributed by atoms with Crippen molar-refractivity contribution >= 4 is 5.97 Å². The van der Waals surface area contributed by atoms with Crippen molar-refractivity contribution in [2.75, 3.05) is 20.1 Å². The number of rotatable bonds is 5. The normalized spacial score (nSPS) is 9.25. The second kappa shape index (κ2) is 6.68. The fourth-order valence-corrected chi connectivity index (χ4v) is 0.793. The predicted octanol–water partition coefficient (Wildman–Crippen LogP) is 0.806. The van der Waals surface area contributed by atoms with Gasteiger partial charge in [0, 0.05) is 6.42 Å². The monoisotopic (exact) mass is 169 g/mol. The zero-order valence-corrected chi connectivity index (χ0v) is 7.63. The van der Waals surface area contributed by atoms with E-state index in [1.165, 1.54) is 0 Å². The van der Waals surface area contributed by atoms with Gasteiger partial charge in [-0.2, -0.15) is 0 Å². The van der Waals surface area contributed by atoms with Crippen molar-refractivity contribution in [3.63, 3.8) is 0 Å². The highest BCUT2D eigenvalue weighted by molar-refractivity contribution is 5.66. The van der Waals surface area contributed by atoms with Gasteiger partial charge >= 0.3 is 5.97 Å². The van der Waals surface area contributed by atoms with Gasteiger partial charge in [0.1, 0.15) is 0 Å². The molecule has 0 bridgehead atoms. The smallest absolute Gasteiger partial charge is 0.303 e. The van der Waals surface area contributed by atoms with Crippen LogP contribution < -0.4 is 0 Å². The fourth-order valence-electron chi connectivity index (χ4n) is 0.793. The van der Waals surface area contributed by atoms with E-state index in [-0.39, 0.29) is 6.42 Å². The highest BCUT2D eigenvalue weighted by atomic mass is 16.4. The molecule has 0 aromatic rings. The molecular formula is C9H15NO2. The molecule has 0 rings (SSSR count). The van der Waals surface area contributed by atoms with Gasteiger partial charge in [-0.1, -0.05) is 5.92 Å². The molecule has 0 aromatic carbocycles. The first-order valence-electron chi connectivity index (χ1n) is 3.96. The summed E-state index contributed by atoms with van der Waals surface area (Å²) in [6, 6.07) is 0. The maximum atomic E-state index is 10.1. The number of hydrogen-bond donors (Lipinski definition) is 1. The van der Waals surface area contributed by atoms with Gasteiger partial charge in [0.05, 0.1) is 6.54 Å². The third-order valence-corrected chi connectivity index (χ3v) is 1.46. The third-order valence-electron chi connectivity index (χ3n) is 1.46. The third kappa shape index (κ3) is 7.10. The van der Waals surface area contributed by atoms with Crippen LogP contribution in [0.15, 0.2) is 0 Å². The molecule has 1 N–H and O–H groups in total. The van der Waals surface area contributed by atoms with Gasteiger partial charge in [0.2, 0.25) is 0 Å². The lowest BCUT2D eigenvalue weighted by Gasteiger charge is -2.11. The number of carboxylic acids is 1. The second-order valence-electron chi connectivity index (χ2n) is 2.66. The lowest BCUT2D eigenvalue weighted by molar-refractivity contribution is -0.137. The number of aliphatic carboxylic acids is 1. The molecule has 3 heteroatoms. The standard InChI is InChI=1S/C9H15NO2/c1-3-4-7-10(2)8-5-6-9(11)12/h5-8H2,1-2H3,(H,11,12). The summed E-state index contributed by atoms with van der Waals surface area (Å²) in [5.74, 6) is 4.97. The van der Waals surface area contributed by atoms with Crippen molar-refractivity contribution in [2.45, 2.75) is 19.8 Å². The van der Waals surface area contributed by atoms with Crippen molar-refractivity contribution < 1.29 is 9.90 Å². The molecule has 0 amide bonds.